The van der Waals surface area contributed by atoms with E-state index in [1.54, 1.807) is 11.1 Å². The average Bonchev–Trinajstić information content (AvgIpc) is 4.35. The number of rotatable bonds is 19. The number of ether oxygens (including phenoxy) is 1. The van der Waals surface area contributed by atoms with Crippen LogP contribution in [-0.4, -0.2) is 123 Å². The summed E-state index contributed by atoms with van der Waals surface area (Å²) in [5.74, 6) is 0.922. The van der Waals surface area contributed by atoms with Crippen molar-refractivity contribution in [3.05, 3.63) is 88.7 Å². The van der Waals surface area contributed by atoms with Crippen molar-refractivity contribution in [2.75, 3.05) is 44.2 Å². The molecule has 416 valence electrons. The zero-order chi connectivity index (χ0) is 55.4. The van der Waals surface area contributed by atoms with Crippen LogP contribution in [0.5, 0.6) is 11.8 Å². The van der Waals surface area contributed by atoms with Gasteiger partial charge in [-0.25, -0.2) is 8.78 Å². The first-order valence-electron chi connectivity index (χ1n) is 28.5. The topological polar surface area (TPSA) is 178 Å². The predicted octanol–water partition coefficient (Wildman–Crippen LogP) is 9.37. The first-order chi connectivity index (χ1) is 38.1. The number of allylic oxidation sites excluding steroid dienone is 2. The number of amides is 3. The molecule has 4 fully saturated rings. The third-order valence-electron chi connectivity index (χ3n) is 16.6. The average molecular weight is 1080 g/mol. The standard InChI is InChI=1S/C62H74F2N10O5/c1-6-46-50(63)23-20-41-32-44(75)33-48(53(41)46)55-54(64)56-49(35-66-55)58(73-36-42-21-22-43(37-73)68-42)71-61(70-56)79-45-25-30-72(31-26-45)28-12-10-8-7-9-11-15-52(76)69-57(62(3,4)5)60(78)74-29-13-14-51(74)59(77)67-34-39-16-18-40(19-17-39)47-24-27-65-38(47)2/h1,16-20,23,27,32-33,35,42-43,45,51,57,68,75H,7-15,21-22,24-26,28-31,34,36-37H2,2-5H3,(H,67,77)(H,69,76)/t42?,43?,51-,57?/m0/s1. The summed E-state index contributed by atoms with van der Waals surface area (Å²) in [6.07, 6.45) is 21.0. The zero-order valence-electron chi connectivity index (χ0n) is 46.1. The molecule has 5 aromatic rings. The van der Waals surface area contributed by atoms with E-state index in [0.29, 0.717) is 55.6 Å². The molecule has 2 aromatic heterocycles. The summed E-state index contributed by atoms with van der Waals surface area (Å²) in [5, 5.41) is 21.6. The lowest BCUT2D eigenvalue weighted by atomic mass is 9.85. The summed E-state index contributed by atoms with van der Waals surface area (Å²) in [5.41, 5.74) is 3.83. The minimum absolute atomic E-state index is 0.0283. The number of anilines is 1. The van der Waals surface area contributed by atoms with Crippen LogP contribution in [0.25, 0.3) is 38.5 Å². The van der Waals surface area contributed by atoms with Crippen LogP contribution in [-0.2, 0) is 20.9 Å². The lowest BCUT2D eigenvalue weighted by Crippen LogP contribution is -2.57. The lowest BCUT2D eigenvalue weighted by Gasteiger charge is -2.35. The van der Waals surface area contributed by atoms with Gasteiger partial charge in [0.1, 0.15) is 46.8 Å². The van der Waals surface area contributed by atoms with E-state index in [-0.39, 0.29) is 75.4 Å². The SMILES string of the molecule is C#Cc1c(F)ccc2cc(O)cc(-c3ncc4c(N5CC6CCC(C5)N6)nc(OC5CCN(CCCCCCCCC(=O)NC(C(=O)N6CCC[C@H]6C(=O)NCc6ccc(C7=C(C)N=CC7)cc6)C(C)(C)C)CC5)nc4c3F)c12. The summed E-state index contributed by atoms with van der Waals surface area (Å²) < 4.78 is 38.6. The van der Waals surface area contributed by atoms with Crippen molar-refractivity contribution in [2.24, 2.45) is 10.4 Å². The van der Waals surface area contributed by atoms with Gasteiger partial charge in [-0.15, -0.1) is 6.42 Å². The van der Waals surface area contributed by atoms with Gasteiger partial charge in [-0.05, 0) is 111 Å². The molecule has 17 heteroatoms. The minimum atomic E-state index is -0.748. The van der Waals surface area contributed by atoms with Crippen LogP contribution >= 0.6 is 0 Å². The number of nitrogens with zero attached hydrogens (tertiary/aromatic N) is 7. The molecule has 0 saturated carbocycles. The van der Waals surface area contributed by atoms with Crippen LogP contribution in [0.1, 0.15) is 134 Å². The van der Waals surface area contributed by atoms with Crippen molar-refractivity contribution < 1.29 is 33.0 Å². The van der Waals surface area contributed by atoms with Gasteiger partial charge in [0.15, 0.2) is 5.82 Å². The third-order valence-corrected chi connectivity index (χ3v) is 16.6. The third kappa shape index (κ3) is 12.6. The molecule has 0 aliphatic carbocycles. The second-order valence-corrected chi connectivity index (χ2v) is 23.3. The molecule has 4 N–H and O–H groups in total. The molecule has 4 saturated heterocycles. The molecule has 10 rings (SSSR count). The first-order valence-corrected chi connectivity index (χ1v) is 28.5. The van der Waals surface area contributed by atoms with Crippen molar-refractivity contribution in [2.45, 2.75) is 154 Å². The van der Waals surface area contributed by atoms with Crippen LogP contribution in [0.4, 0.5) is 14.6 Å². The molecule has 3 unspecified atom stereocenters. The van der Waals surface area contributed by atoms with Gasteiger partial charge < -0.3 is 40.5 Å². The molecule has 2 bridgehead atoms. The van der Waals surface area contributed by atoms with Gasteiger partial charge in [-0.3, -0.25) is 24.4 Å². The van der Waals surface area contributed by atoms with Crippen molar-refractivity contribution in [1.29, 1.82) is 0 Å². The van der Waals surface area contributed by atoms with Gasteiger partial charge in [0.25, 0.3) is 0 Å². The number of carbonyl (C=O) groups is 3. The van der Waals surface area contributed by atoms with E-state index >= 15 is 8.78 Å². The maximum Gasteiger partial charge on any atom is 0.319 e. The molecular formula is C62H74F2N10O5. The van der Waals surface area contributed by atoms with Crippen molar-refractivity contribution >= 4 is 57.0 Å². The summed E-state index contributed by atoms with van der Waals surface area (Å²) in [6, 6.07) is 13.0. The number of benzene rings is 3. The second kappa shape index (κ2) is 24.1. The van der Waals surface area contributed by atoms with Gasteiger partial charge in [0.05, 0.1) is 10.9 Å². The number of nitrogens with one attached hydrogen (secondary N) is 3. The number of carbonyl (C=O) groups excluding carboxylic acids is 3. The molecule has 3 amide bonds. The number of aromatic nitrogens is 3. The van der Waals surface area contributed by atoms with E-state index in [0.717, 1.165) is 114 Å². The fourth-order valence-corrected chi connectivity index (χ4v) is 12.3. The lowest BCUT2D eigenvalue weighted by molar-refractivity contribution is -0.143. The number of aromatic hydroxyl groups is 1. The first kappa shape index (κ1) is 55.3. The summed E-state index contributed by atoms with van der Waals surface area (Å²) in [7, 11) is 0. The number of terminal acetylenes is 1. The van der Waals surface area contributed by atoms with Crippen LogP contribution in [0, 0.1) is 29.4 Å². The molecule has 3 aromatic carbocycles. The van der Waals surface area contributed by atoms with Crippen molar-refractivity contribution in [3.63, 3.8) is 0 Å². The predicted molar refractivity (Wildman–Crippen MR) is 304 cm³/mol. The highest BCUT2D eigenvalue weighted by atomic mass is 19.1. The van der Waals surface area contributed by atoms with Gasteiger partial charge in [0.2, 0.25) is 17.7 Å². The Morgan fingerprint density at radius 1 is 0.924 bits per heavy atom. The van der Waals surface area contributed by atoms with Crippen LogP contribution < -0.4 is 25.6 Å². The van der Waals surface area contributed by atoms with Gasteiger partial charge >= 0.3 is 6.01 Å². The number of hydrogen-bond acceptors (Lipinski definition) is 12. The maximum atomic E-state index is 17.1. The normalized spacial score (nSPS) is 20.1. The Balaban J connectivity index is 0.671. The Morgan fingerprint density at radius 2 is 1.66 bits per heavy atom. The highest BCUT2D eigenvalue weighted by Crippen LogP contribution is 2.40. The smallest absolute Gasteiger partial charge is 0.319 e. The molecular weight excluding hydrogens is 1000 g/mol. The fraction of sp³-hybridized carbons (Fsp3) is 0.500. The number of phenolic OH excluding ortho intramolecular Hbond substituents is 1. The van der Waals surface area contributed by atoms with Gasteiger partial charge in [0, 0.05) is 93.3 Å². The van der Waals surface area contributed by atoms with E-state index in [9.17, 15) is 19.5 Å². The van der Waals surface area contributed by atoms with Crippen LogP contribution in [0.15, 0.2) is 65.4 Å². The van der Waals surface area contributed by atoms with Crippen molar-refractivity contribution in [3.8, 4) is 35.4 Å². The number of aliphatic imine (C=N–C) groups is 1. The molecule has 0 spiro atoms. The Morgan fingerprint density at radius 3 is 2.37 bits per heavy atom. The second-order valence-electron chi connectivity index (χ2n) is 23.3. The van der Waals surface area contributed by atoms with E-state index in [4.69, 9.17) is 16.1 Å². The number of fused-ring (bicyclic) bond motifs is 4. The summed E-state index contributed by atoms with van der Waals surface area (Å²) in [6.45, 7) is 12.8. The summed E-state index contributed by atoms with van der Waals surface area (Å²) >= 11 is 0. The Kier molecular flexibility index (Phi) is 16.9. The summed E-state index contributed by atoms with van der Waals surface area (Å²) in [4.78, 5) is 65.8. The van der Waals surface area contributed by atoms with Crippen LogP contribution in [0.2, 0.25) is 0 Å². The molecule has 79 heavy (non-hydrogen) atoms. The molecule has 7 heterocycles. The monoisotopic (exact) mass is 1080 g/mol. The number of hydrogen-bond donors (Lipinski definition) is 4. The number of phenols is 1. The van der Waals surface area contributed by atoms with Gasteiger partial charge in [-0.1, -0.05) is 82.7 Å². The largest absolute Gasteiger partial charge is 0.508 e. The molecule has 4 atom stereocenters. The number of likely N-dealkylation sites (tertiary alicyclic amines) is 2. The van der Waals surface area contributed by atoms with E-state index in [1.807, 2.05) is 46.0 Å². The molecule has 15 nitrogen and oxygen atoms in total. The Bertz CT molecular complexity index is 3190. The minimum Gasteiger partial charge on any atom is -0.508 e. The molecule has 5 aliphatic rings. The van der Waals surface area contributed by atoms with Crippen molar-refractivity contribution in [1.82, 2.24) is 40.7 Å². The highest BCUT2D eigenvalue weighted by Gasteiger charge is 2.42. The quantitative estimate of drug-likeness (QED) is 0.0458. The molecule has 5 aliphatic heterocycles. The number of piperazine rings is 1. The maximum absolute atomic E-state index is 17.1. The highest BCUT2D eigenvalue weighted by molar-refractivity contribution is 6.03. The zero-order valence-corrected chi connectivity index (χ0v) is 46.1. The van der Waals surface area contributed by atoms with Crippen LogP contribution in [0.3, 0.4) is 0 Å². The van der Waals surface area contributed by atoms with E-state index in [1.165, 1.54) is 29.8 Å². The number of halogens is 2. The number of piperidine rings is 1. The Labute approximate surface area is 462 Å². The molecule has 0 radical (unpaired) electrons. The Hall–Kier alpha value is -7.03. The fourth-order valence-electron chi connectivity index (χ4n) is 12.3. The number of pyridine rings is 1. The van der Waals surface area contributed by atoms with Gasteiger partial charge in [-0.2, -0.15) is 9.97 Å². The van der Waals surface area contributed by atoms with E-state index < -0.39 is 29.1 Å². The number of unbranched alkanes of at least 4 members (excludes halogenated alkanes) is 5. The van der Waals surface area contributed by atoms with E-state index in [2.05, 4.69) is 58.8 Å².